The third-order valence-corrected chi connectivity index (χ3v) is 2.92. The summed E-state index contributed by atoms with van der Waals surface area (Å²) < 4.78 is 12.7. The van der Waals surface area contributed by atoms with Gasteiger partial charge >= 0.3 is 0 Å². The maximum atomic E-state index is 12.7. The SMILES string of the molecule is CC(C)C(N)CCN(C)c1ccc(F)cc1. The maximum absolute atomic E-state index is 12.7. The number of rotatable bonds is 5. The van der Waals surface area contributed by atoms with Crippen molar-refractivity contribution < 1.29 is 4.39 Å². The third-order valence-electron chi connectivity index (χ3n) is 2.92. The highest BCUT2D eigenvalue weighted by molar-refractivity contribution is 5.45. The summed E-state index contributed by atoms with van der Waals surface area (Å²) in [7, 11) is 2.00. The summed E-state index contributed by atoms with van der Waals surface area (Å²) in [6, 6.07) is 6.76. The minimum absolute atomic E-state index is 0.198. The van der Waals surface area contributed by atoms with E-state index in [0.29, 0.717) is 5.92 Å². The Morgan fingerprint density at radius 1 is 1.25 bits per heavy atom. The van der Waals surface area contributed by atoms with Crippen LogP contribution in [0.3, 0.4) is 0 Å². The fourth-order valence-corrected chi connectivity index (χ4v) is 1.50. The first-order chi connectivity index (χ1) is 7.50. The first-order valence-electron chi connectivity index (χ1n) is 5.73. The van der Waals surface area contributed by atoms with Crippen molar-refractivity contribution in [3.05, 3.63) is 30.1 Å². The summed E-state index contributed by atoms with van der Waals surface area (Å²) in [6.45, 7) is 5.15. The number of anilines is 1. The second-order valence-corrected chi connectivity index (χ2v) is 4.59. The van der Waals surface area contributed by atoms with E-state index in [2.05, 4.69) is 18.7 Å². The van der Waals surface area contributed by atoms with Crippen LogP contribution in [0.15, 0.2) is 24.3 Å². The first-order valence-corrected chi connectivity index (χ1v) is 5.73. The number of halogens is 1. The lowest BCUT2D eigenvalue weighted by Crippen LogP contribution is -2.31. The topological polar surface area (TPSA) is 29.3 Å². The van der Waals surface area contributed by atoms with E-state index in [0.717, 1.165) is 18.7 Å². The lowest BCUT2D eigenvalue weighted by atomic mass is 10.0. The highest BCUT2D eigenvalue weighted by Gasteiger charge is 2.09. The van der Waals surface area contributed by atoms with Gasteiger partial charge in [0.1, 0.15) is 5.82 Å². The molecule has 2 N–H and O–H groups in total. The molecule has 3 heteroatoms. The van der Waals surface area contributed by atoms with E-state index in [1.165, 1.54) is 12.1 Å². The number of nitrogens with two attached hydrogens (primary N) is 1. The largest absolute Gasteiger partial charge is 0.375 e. The van der Waals surface area contributed by atoms with Gasteiger partial charge in [-0.1, -0.05) is 13.8 Å². The van der Waals surface area contributed by atoms with Crippen LogP contribution >= 0.6 is 0 Å². The molecule has 1 rings (SSSR count). The molecule has 90 valence electrons. The van der Waals surface area contributed by atoms with Gasteiger partial charge in [0.25, 0.3) is 0 Å². The minimum Gasteiger partial charge on any atom is -0.375 e. The van der Waals surface area contributed by atoms with E-state index in [9.17, 15) is 4.39 Å². The van der Waals surface area contributed by atoms with Gasteiger partial charge < -0.3 is 10.6 Å². The number of hydrogen-bond acceptors (Lipinski definition) is 2. The minimum atomic E-state index is -0.198. The average molecular weight is 224 g/mol. The lowest BCUT2D eigenvalue weighted by Gasteiger charge is -2.23. The zero-order valence-electron chi connectivity index (χ0n) is 10.3. The Morgan fingerprint density at radius 3 is 2.31 bits per heavy atom. The van der Waals surface area contributed by atoms with Crippen LogP contribution in [0, 0.1) is 11.7 Å². The summed E-state index contributed by atoms with van der Waals surface area (Å²) >= 11 is 0. The molecule has 1 aromatic carbocycles. The molecule has 0 radical (unpaired) electrons. The third kappa shape index (κ3) is 3.81. The van der Waals surface area contributed by atoms with Crippen LogP contribution in [0.2, 0.25) is 0 Å². The summed E-state index contributed by atoms with van der Waals surface area (Å²) in [4.78, 5) is 2.10. The summed E-state index contributed by atoms with van der Waals surface area (Å²) in [5.74, 6) is 0.303. The van der Waals surface area contributed by atoms with Crippen LogP contribution in [0.25, 0.3) is 0 Å². The first kappa shape index (κ1) is 13.0. The van der Waals surface area contributed by atoms with Crippen LogP contribution in [0.1, 0.15) is 20.3 Å². The molecule has 0 aliphatic heterocycles. The van der Waals surface area contributed by atoms with Gasteiger partial charge in [0.2, 0.25) is 0 Å². The van der Waals surface area contributed by atoms with Gasteiger partial charge in [-0.05, 0) is 36.6 Å². The Hall–Kier alpha value is -1.09. The number of benzene rings is 1. The molecule has 16 heavy (non-hydrogen) atoms. The van der Waals surface area contributed by atoms with Gasteiger partial charge in [-0.25, -0.2) is 4.39 Å². The van der Waals surface area contributed by atoms with Gasteiger partial charge in [-0.15, -0.1) is 0 Å². The van der Waals surface area contributed by atoms with Crippen LogP contribution in [-0.4, -0.2) is 19.6 Å². The molecular weight excluding hydrogens is 203 g/mol. The summed E-state index contributed by atoms with van der Waals surface area (Å²) in [5, 5.41) is 0. The summed E-state index contributed by atoms with van der Waals surface area (Å²) in [6.07, 6.45) is 0.950. The molecule has 1 aromatic rings. The predicted molar refractivity (Wildman–Crippen MR) is 67.1 cm³/mol. The fourth-order valence-electron chi connectivity index (χ4n) is 1.50. The molecule has 1 atom stereocenters. The van der Waals surface area contributed by atoms with E-state index in [1.54, 1.807) is 12.1 Å². The molecule has 1 unspecified atom stereocenters. The van der Waals surface area contributed by atoms with Gasteiger partial charge in [0.15, 0.2) is 0 Å². The molecule has 0 saturated heterocycles. The Bertz CT molecular complexity index is 308. The second-order valence-electron chi connectivity index (χ2n) is 4.59. The highest BCUT2D eigenvalue weighted by Crippen LogP contribution is 2.14. The van der Waals surface area contributed by atoms with Crippen LogP contribution in [-0.2, 0) is 0 Å². The number of nitrogens with zero attached hydrogens (tertiary/aromatic N) is 1. The normalized spacial score (nSPS) is 12.9. The quantitative estimate of drug-likeness (QED) is 0.833. The van der Waals surface area contributed by atoms with E-state index in [4.69, 9.17) is 5.73 Å². The van der Waals surface area contributed by atoms with Crippen molar-refractivity contribution in [3.63, 3.8) is 0 Å². The van der Waals surface area contributed by atoms with E-state index in [-0.39, 0.29) is 11.9 Å². The van der Waals surface area contributed by atoms with Crippen LogP contribution in [0.5, 0.6) is 0 Å². The summed E-state index contributed by atoms with van der Waals surface area (Å²) in [5.41, 5.74) is 7.01. The smallest absolute Gasteiger partial charge is 0.123 e. The fraction of sp³-hybridized carbons (Fsp3) is 0.538. The molecule has 0 aliphatic carbocycles. The Kier molecular flexibility index (Phi) is 4.74. The van der Waals surface area contributed by atoms with Crippen molar-refractivity contribution in [2.45, 2.75) is 26.3 Å². The predicted octanol–water partition coefficient (Wildman–Crippen LogP) is 2.64. The van der Waals surface area contributed by atoms with Crippen molar-refractivity contribution in [3.8, 4) is 0 Å². The van der Waals surface area contributed by atoms with Gasteiger partial charge in [0, 0.05) is 25.3 Å². The zero-order chi connectivity index (χ0) is 12.1. The molecule has 0 heterocycles. The average Bonchev–Trinajstić information content (AvgIpc) is 2.26. The van der Waals surface area contributed by atoms with Crippen molar-refractivity contribution in [2.24, 2.45) is 11.7 Å². The van der Waals surface area contributed by atoms with Crippen molar-refractivity contribution in [1.82, 2.24) is 0 Å². The molecule has 0 saturated carbocycles. The van der Waals surface area contributed by atoms with Gasteiger partial charge in [-0.3, -0.25) is 0 Å². The van der Waals surface area contributed by atoms with Crippen LogP contribution < -0.4 is 10.6 Å². The zero-order valence-corrected chi connectivity index (χ0v) is 10.3. The maximum Gasteiger partial charge on any atom is 0.123 e. The molecule has 2 nitrogen and oxygen atoms in total. The standard InChI is InChI=1S/C13H21FN2/c1-10(2)13(15)8-9-16(3)12-6-4-11(14)5-7-12/h4-7,10,13H,8-9,15H2,1-3H3. The molecule has 0 aromatic heterocycles. The molecule has 0 amide bonds. The Morgan fingerprint density at radius 2 is 1.81 bits per heavy atom. The van der Waals surface area contributed by atoms with Gasteiger partial charge in [-0.2, -0.15) is 0 Å². The molecule has 0 fully saturated rings. The number of hydrogen-bond donors (Lipinski definition) is 1. The monoisotopic (exact) mass is 224 g/mol. The lowest BCUT2D eigenvalue weighted by molar-refractivity contribution is 0.466. The Balaban J connectivity index is 2.46. The van der Waals surface area contributed by atoms with Crippen LogP contribution in [0.4, 0.5) is 10.1 Å². The molecule has 0 aliphatic rings. The van der Waals surface area contributed by atoms with E-state index < -0.39 is 0 Å². The van der Waals surface area contributed by atoms with E-state index in [1.807, 2.05) is 7.05 Å². The van der Waals surface area contributed by atoms with Crippen molar-refractivity contribution >= 4 is 5.69 Å². The Labute approximate surface area is 97.3 Å². The second kappa shape index (κ2) is 5.85. The molecular formula is C13H21FN2. The molecule has 0 spiro atoms. The van der Waals surface area contributed by atoms with Crippen molar-refractivity contribution in [2.75, 3.05) is 18.5 Å². The van der Waals surface area contributed by atoms with Crippen molar-refractivity contribution in [1.29, 1.82) is 0 Å². The van der Waals surface area contributed by atoms with E-state index >= 15 is 0 Å². The van der Waals surface area contributed by atoms with Gasteiger partial charge in [0.05, 0.1) is 0 Å². The molecule has 0 bridgehead atoms. The highest BCUT2D eigenvalue weighted by atomic mass is 19.1.